The van der Waals surface area contributed by atoms with Gasteiger partial charge in [-0.05, 0) is 41.9 Å². The molecule has 5 rings (SSSR count). The van der Waals surface area contributed by atoms with E-state index in [1.807, 2.05) is 11.5 Å². The Balaban J connectivity index is 1.81. The highest BCUT2D eigenvalue weighted by Gasteiger charge is 2.30. The van der Waals surface area contributed by atoms with Gasteiger partial charge < -0.3 is 20.9 Å². The zero-order chi connectivity index (χ0) is 23.3. The van der Waals surface area contributed by atoms with E-state index in [0.29, 0.717) is 63.4 Å². The largest absolute Gasteiger partial charge is 0.379 e. The minimum Gasteiger partial charge on any atom is -0.379 e. The van der Waals surface area contributed by atoms with Crippen LogP contribution in [0.15, 0.2) is 29.0 Å². The van der Waals surface area contributed by atoms with Gasteiger partial charge in [0.2, 0.25) is 0 Å². The van der Waals surface area contributed by atoms with Gasteiger partial charge in [0.05, 0.1) is 21.8 Å². The van der Waals surface area contributed by atoms with E-state index in [2.05, 4.69) is 15.3 Å². The number of carbonyl (C=O) groups is 1. The van der Waals surface area contributed by atoms with E-state index in [1.54, 1.807) is 29.3 Å². The molecule has 1 atom stereocenters. The second kappa shape index (κ2) is 8.29. The number of imidazole rings is 1. The van der Waals surface area contributed by atoms with Crippen molar-refractivity contribution in [2.45, 2.75) is 25.9 Å². The van der Waals surface area contributed by atoms with Gasteiger partial charge in [-0.15, -0.1) is 0 Å². The molecule has 0 aliphatic carbocycles. The lowest BCUT2D eigenvalue weighted by Gasteiger charge is -2.17. The van der Waals surface area contributed by atoms with Crippen LogP contribution in [0, 0.1) is 0 Å². The van der Waals surface area contributed by atoms with Crippen LogP contribution in [0.5, 0.6) is 0 Å². The van der Waals surface area contributed by atoms with Crippen LogP contribution >= 0.6 is 23.2 Å². The van der Waals surface area contributed by atoms with Gasteiger partial charge in [-0.2, -0.15) is 0 Å². The molecule has 3 aromatic heterocycles. The van der Waals surface area contributed by atoms with Gasteiger partial charge in [0.15, 0.2) is 17.3 Å². The molecule has 1 fully saturated rings. The van der Waals surface area contributed by atoms with Gasteiger partial charge in [-0.3, -0.25) is 9.78 Å². The summed E-state index contributed by atoms with van der Waals surface area (Å²) in [7, 11) is 0. The molecule has 1 amide bonds. The Morgan fingerprint density at radius 3 is 2.76 bits per heavy atom. The molecule has 0 radical (unpaired) electrons. The smallest absolute Gasteiger partial charge is 0.257 e. The summed E-state index contributed by atoms with van der Waals surface area (Å²) >= 11 is 12.7. The number of aromatic nitrogens is 5. The van der Waals surface area contributed by atoms with Crippen molar-refractivity contribution in [2.24, 2.45) is 5.73 Å². The van der Waals surface area contributed by atoms with E-state index in [0.717, 1.165) is 6.42 Å². The Bertz CT molecular complexity index is 1380. The Morgan fingerprint density at radius 1 is 1.27 bits per heavy atom. The predicted octanol–water partition coefficient (Wildman–Crippen LogP) is 3.23. The molecule has 1 aromatic carbocycles. The Labute approximate surface area is 198 Å². The van der Waals surface area contributed by atoms with Gasteiger partial charge in [0.1, 0.15) is 5.52 Å². The van der Waals surface area contributed by atoms with Crippen LogP contribution in [0.3, 0.4) is 0 Å². The minimum atomic E-state index is -0.170. The number of nitrogens with zero attached hydrogens (tertiary/aromatic N) is 6. The molecule has 33 heavy (non-hydrogen) atoms. The van der Waals surface area contributed by atoms with Gasteiger partial charge >= 0.3 is 0 Å². The first-order valence-corrected chi connectivity index (χ1v) is 11.1. The third kappa shape index (κ3) is 3.60. The summed E-state index contributed by atoms with van der Waals surface area (Å²) in [4.78, 5) is 24.6. The number of pyridine rings is 1. The normalized spacial score (nSPS) is 16.1. The molecule has 170 valence electrons. The zero-order valence-electron chi connectivity index (χ0n) is 17.6. The number of nitrogens with two attached hydrogens (primary N) is 2. The molecule has 10 nitrogen and oxygen atoms in total. The van der Waals surface area contributed by atoms with E-state index in [4.69, 9.17) is 44.3 Å². The zero-order valence-corrected chi connectivity index (χ0v) is 19.1. The third-order valence-electron chi connectivity index (χ3n) is 5.74. The number of amides is 1. The number of hydrogen-bond acceptors (Lipinski definition) is 8. The quantitative estimate of drug-likeness (QED) is 0.447. The second-order valence-corrected chi connectivity index (χ2v) is 8.66. The number of halogens is 2. The maximum Gasteiger partial charge on any atom is 0.257 e. The number of hydrogen-bond donors (Lipinski definition) is 2. The predicted molar refractivity (Wildman–Crippen MR) is 125 cm³/mol. The summed E-state index contributed by atoms with van der Waals surface area (Å²) in [6, 6.07) is 5.05. The number of benzene rings is 1. The highest BCUT2D eigenvalue weighted by molar-refractivity contribution is 6.35. The van der Waals surface area contributed by atoms with Gasteiger partial charge in [-0.1, -0.05) is 23.2 Å². The van der Waals surface area contributed by atoms with E-state index >= 15 is 0 Å². The number of rotatable bonds is 4. The molecule has 12 heteroatoms. The highest BCUT2D eigenvalue weighted by atomic mass is 35.5. The average Bonchev–Trinajstić information content (AvgIpc) is 3.52. The third-order valence-corrected chi connectivity index (χ3v) is 6.30. The first-order chi connectivity index (χ1) is 15.9. The molecule has 1 aliphatic heterocycles. The lowest BCUT2D eigenvalue weighted by Crippen LogP contribution is -2.32. The first kappa shape index (κ1) is 21.6. The van der Waals surface area contributed by atoms with Crippen LogP contribution in [-0.4, -0.2) is 54.8 Å². The molecule has 4 heterocycles. The van der Waals surface area contributed by atoms with E-state index < -0.39 is 0 Å². The fraction of sp³-hybridized carbons (Fsp3) is 0.286. The molecule has 4 N–H and O–H groups in total. The molecule has 1 unspecified atom stereocenters. The summed E-state index contributed by atoms with van der Waals surface area (Å²) in [5.74, 6) is 0.330. The molecular formula is C21H20Cl2N8O2. The maximum atomic E-state index is 13.5. The summed E-state index contributed by atoms with van der Waals surface area (Å²) in [5.41, 5.74) is 14.8. The van der Waals surface area contributed by atoms with Crippen LogP contribution in [-0.2, 0) is 6.54 Å². The van der Waals surface area contributed by atoms with Crippen molar-refractivity contribution in [3.63, 3.8) is 0 Å². The standard InChI is InChI=1S/C21H20Cl2N8O2/c1-2-31-18-13(21(32)30-6-5-11(24)9-30)8-26-15(12-7-10(22)3-4-14(12)23)16(18)27-20(31)17-19(25)29-33-28-17/h3-4,7-8,11H,2,5-6,9,24H2,1H3,(H2,25,29). The van der Waals surface area contributed by atoms with Crippen molar-refractivity contribution in [2.75, 3.05) is 18.8 Å². The lowest BCUT2D eigenvalue weighted by atomic mass is 10.1. The van der Waals surface area contributed by atoms with Crippen molar-refractivity contribution < 1.29 is 9.42 Å². The summed E-state index contributed by atoms with van der Waals surface area (Å²) in [6.07, 6.45) is 2.29. The van der Waals surface area contributed by atoms with Crippen molar-refractivity contribution >= 4 is 46.0 Å². The van der Waals surface area contributed by atoms with Crippen molar-refractivity contribution in [1.82, 2.24) is 29.7 Å². The van der Waals surface area contributed by atoms with Gasteiger partial charge in [0, 0.05) is 42.5 Å². The lowest BCUT2D eigenvalue weighted by molar-refractivity contribution is 0.0792. The van der Waals surface area contributed by atoms with E-state index in [-0.39, 0.29) is 23.5 Å². The van der Waals surface area contributed by atoms with Gasteiger partial charge in [-0.25, -0.2) is 9.61 Å². The SMILES string of the molecule is CCn1c(-c2nonc2N)nc2c(-c3cc(Cl)ccc3Cl)ncc(C(=O)N3CCC(N)C3)c21. The number of fused-ring (bicyclic) bond motifs is 1. The fourth-order valence-corrected chi connectivity index (χ4v) is 4.54. The van der Waals surface area contributed by atoms with E-state index in [9.17, 15) is 4.79 Å². The molecular weight excluding hydrogens is 467 g/mol. The molecule has 0 spiro atoms. The van der Waals surface area contributed by atoms with Crippen molar-refractivity contribution in [1.29, 1.82) is 0 Å². The number of likely N-dealkylation sites (tertiary alicyclic amines) is 1. The number of anilines is 1. The second-order valence-electron chi connectivity index (χ2n) is 7.82. The monoisotopic (exact) mass is 486 g/mol. The van der Waals surface area contributed by atoms with E-state index in [1.165, 1.54) is 0 Å². The molecule has 1 saturated heterocycles. The summed E-state index contributed by atoms with van der Waals surface area (Å²) < 4.78 is 6.64. The summed E-state index contributed by atoms with van der Waals surface area (Å²) in [6.45, 7) is 3.47. The maximum absolute atomic E-state index is 13.5. The Hall–Kier alpha value is -3.21. The topological polar surface area (TPSA) is 142 Å². The van der Waals surface area contributed by atoms with Crippen LogP contribution < -0.4 is 11.5 Å². The number of aryl methyl sites for hydroxylation is 1. The molecule has 0 saturated carbocycles. The summed E-state index contributed by atoms with van der Waals surface area (Å²) in [5, 5.41) is 8.53. The number of carbonyl (C=O) groups excluding carboxylic acids is 1. The minimum absolute atomic E-state index is 0.0467. The first-order valence-electron chi connectivity index (χ1n) is 10.4. The fourth-order valence-electron chi connectivity index (χ4n) is 4.16. The Kier molecular flexibility index (Phi) is 5.43. The highest BCUT2D eigenvalue weighted by Crippen LogP contribution is 2.37. The Morgan fingerprint density at radius 2 is 2.09 bits per heavy atom. The van der Waals surface area contributed by atoms with Gasteiger partial charge in [0.25, 0.3) is 5.91 Å². The molecule has 1 aliphatic rings. The number of nitrogen functional groups attached to an aromatic ring is 1. The van der Waals surface area contributed by atoms with Crippen molar-refractivity contribution in [3.05, 3.63) is 40.0 Å². The van der Waals surface area contributed by atoms with Crippen LogP contribution in [0.2, 0.25) is 10.0 Å². The van der Waals surface area contributed by atoms with Crippen LogP contribution in [0.25, 0.3) is 33.8 Å². The average molecular weight is 487 g/mol. The molecule has 0 bridgehead atoms. The van der Waals surface area contributed by atoms with Crippen molar-refractivity contribution in [3.8, 4) is 22.8 Å². The van der Waals surface area contributed by atoms with Crippen LogP contribution in [0.1, 0.15) is 23.7 Å². The van der Waals surface area contributed by atoms with Crippen LogP contribution in [0.4, 0.5) is 5.82 Å². The molecule has 4 aromatic rings.